The normalized spacial score (nSPS) is 14.5. The fourth-order valence-electron chi connectivity index (χ4n) is 3.82. The summed E-state index contributed by atoms with van der Waals surface area (Å²) in [6, 6.07) is 5.00. The maximum absolute atomic E-state index is 13.1. The smallest absolute Gasteiger partial charge is 0.275 e. The number of aryl methyl sites for hydroxylation is 2. The highest BCUT2D eigenvalue weighted by molar-refractivity contribution is 6.34. The van der Waals surface area contributed by atoms with Gasteiger partial charge in [-0.1, -0.05) is 37.0 Å². The van der Waals surface area contributed by atoms with Crippen LogP contribution in [0.25, 0.3) is 11.0 Å². The zero-order valence-corrected chi connectivity index (χ0v) is 19.0. The largest absolute Gasteiger partial charge is 0.344 e. The molecule has 3 aromatic rings. The number of hydrogen-bond acceptors (Lipinski definition) is 5. The van der Waals surface area contributed by atoms with E-state index in [0.29, 0.717) is 29.7 Å². The van der Waals surface area contributed by atoms with Crippen LogP contribution in [0.2, 0.25) is 10.2 Å². The summed E-state index contributed by atoms with van der Waals surface area (Å²) in [6.45, 7) is 7.23. The Labute approximate surface area is 185 Å². The summed E-state index contributed by atoms with van der Waals surface area (Å²) in [6.07, 6.45) is 0. The van der Waals surface area contributed by atoms with Gasteiger partial charge in [0.05, 0.1) is 12.2 Å². The monoisotopic (exact) mass is 447 g/mol. The Morgan fingerprint density at radius 1 is 1.13 bits per heavy atom. The Hall–Kier alpha value is -2.58. The van der Waals surface area contributed by atoms with Crippen molar-refractivity contribution in [1.29, 1.82) is 0 Å². The molecule has 0 aromatic carbocycles. The Bertz CT molecular complexity index is 1120. The van der Waals surface area contributed by atoms with Crippen LogP contribution in [0.4, 0.5) is 16.4 Å². The van der Waals surface area contributed by atoms with Crippen molar-refractivity contribution < 1.29 is 4.79 Å². The number of pyridine rings is 2. The summed E-state index contributed by atoms with van der Waals surface area (Å²) in [5, 5.41) is 9.69. The number of urea groups is 1. The molecule has 2 amide bonds. The molecule has 0 aliphatic carbocycles. The van der Waals surface area contributed by atoms with E-state index in [0.717, 1.165) is 22.3 Å². The predicted octanol–water partition coefficient (Wildman–Crippen LogP) is 4.40. The molecule has 1 aliphatic heterocycles. The minimum atomic E-state index is -0.211. The Kier molecular flexibility index (Phi) is 5.23. The number of hydrazine groups is 1. The third kappa shape index (κ3) is 3.44. The van der Waals surface area contributed by atoms with E-state index in [1.807, 2.05) is 27.1 Å². The Morgan fingerprint density at radius 2 is 1.87 bits per heavy atom. The number of rotatable bonds is 4. The molecule has 10 heteroatoms. The van der Waals surface area contributed by atoms with Crippen LogP contribution >= 0.6 is 23.2 Å². The molecule has 1 aliphatic rings. The molecule has 1 fully saturated rings. The maximum atomic E-state index is 13.1. The van der Waals surface area contributed by atoms with E-state index in [4.69, 9.17) is 28.2 Å². The second kappa shape index (κ2) is 7.59. The first-order valence-corrected chi connectivity index (χ1v) is 10.4. The van der Waals surface area contributed by atoms with Crippen molar-refractivity contribution in [3.05, 3.63) is 39.6 Å². The summed E-state index contributed by atoms with van der Waals surface area (Å²) in [5.41, 5.74) is 2.90. The van der Waals surface area contributed by atoms with Crippen LogP contribution in [0, 0.1) is 6.92 Å². The molecule has 30 heavy (non-hydrogen) atoms. The van der Waals surface area contributed by atoms with Crippen molar-refractivity contribution in [3.63, 3.8) is 0 Å². The van der Waals surface area contributed by atoms with Gasteiger partial charge in [0.15, 0.2) is 5.65 Å². The first kappa shape index (κ1) is 20.7. The number of carbonyl (C=O) groups excluding carboxylic acids is 1. The number of hydrogen-bond donors (Lipinski definition) is 0. The summed E-state index contributed by atoms with van der Waals surface area (Å²) >= 11 is 12.1. The molecule has 8 nitrogen and oxygen atoms in total. The number of aromatic nitrogens is 4. The molecule has 0 atom stereocenters. The topological polar surface area (TPSA) is 70.4 Å². The van der Waals surface area contributed by atoms with Gasteiger partial charge in [-0.05, 0) is 36.6 Å². The zero-order valence-electron chi connectivity index (χ0n) is 17.5. The van der Waals surface area contributed by atoms with Gasteiger partial charge in [-0.2, -0.15) is 5.10 Å². The second-order valence-corrected chi connectivity index (χ2v) is 8.50. The molecular weight excluding hydrogens is 425 g/mol. The molecule has 158 valence electrons. The number of nitrogens with zero attached hydrogens (tertiary/aromatic N) is 7. The fraction of sp³-hybridized carbons (Fsp3) is 0.400. The van der Waals surface area contributed by atoms with Crippen LogP contribution in [0.3, 0.4) is 0 Å². The van der Waals surface area contributed by atoms with E-state index >= 15 is 0 Å². The SMILES string of the molecule is Cc1nn(C)c2nc(N(C)N3CCN(c4cc(Cl)cc(Cl)n4)C3=O)cc(C(C)C)c12. The minimum absolute atomic E-state index is 0.211. The van der Waals surface area contributed by atoms with Gasteiger partial charge >= 0.3 is 6.03 Å². The number of amides is 2. The lowest BCUT2D eigenvalue weighted by atomic mass is 10.00. The molecule has 0 radical (unpaired) electrons. The molecule has 4 rings (SSSR count). The number of halogens is 2. The van der Waals surface area contributed by atoms with Crippen LogP contribution in [-0.2, 0) is 7.05 Å². The summed E-state index contributed by atoms with van der Waals surface area (Å²) < 4.78 is 1.78. The molecule has 0 spiro atoms. The summed E-state index contributed by atoms with van der Waals surface area (Å²) in [4.78, 5) is 23.7. The lowest BCUT2D eigenvalue weighted by Crippen LogP contribution is -2.43. The van der Waals surface area contributed by atoms with E-state index in [1.54, 1.807) is 31.7 Å². The number of fused-ring (bicyclic) bond motifs is 1. The number of carbonyl (C=O) groups is 1. The van der Waals surface area contributed by atoms with Gasteiger partial charge < -0.3 is 0 Å². The maximum Gasteiger partial charge on any atom is 0.344 e. The van der Waals surface area contributed by atoms with E-state index < -0.39 is 0 Å². The fourth-order valence-corrected chi connectivity index (χ4v) is 4.28. The van der Waals surface area contributed by atoms with Crippen molar-refractivity contribution >= 4 is 51.9 Å². The van der Waals surface area contributed by atoms with Crippen LogP contribution in [-0.4, -0.2) is 50.9 Å². The first-order valence-electron chi connectivity index (χ1n) is 9.67. The molecule has 0 saturated carbocycles. The van der Waals surface area contributed by atoms with Gasteiger partial charge in [-0.25, -0.2) is 19.8 Å². The molecular formula is C20H23Cl2N7O. The highest BCUT2D eigenvalue weighted by atomic mass is 35.5. The minimum Gasteiger partial charge on any atom is -0.275 e. The average molecular weight is 448 g/mol. The van der Waals surface area contributed by atoms with Crippen molar-refractivity contribution in [2.45, 2.75) is 26.7 Å². The first-order chi connectivity index (χ1) is 14.2. The van der Waals surface area contributed by atoms with Gasteiger partial charge in [0.25, 0.3) is 0 Å². The third-order valence-corrected chi connectivity index (χ3v) is 5.72. The second-order valence-electron chi connectivity index (χ2n) is 7.68. The molecule has 4 heterocycles. The molecule has 0 N–H and O–H groups in total. The van der Waals surface area contributed by atoms with Gasteiger partial charge in [0.2, 0.25) is 0 Å². The third-order valence-electron chi connectivity index (χ3n) is 5.31. The molecule has 0 bridgehead atoms. The lowest BCUT2D eigenvalue weighted by Gasteiger charge is -2.29. The van der Waals surface area contributed by atoms with Gasteiger partial charge in [-0.3, -0.25) is 14.6 Å². The molecule has 0 unspecified atom stereocenters. The van der Waals surface area contributed by atoms with Crippen LogP contribution in [0.15, 0.2) is 18.2 Å². The van der Waals surface area contributed by atoms with E-state index in [1.165, 1.54) is 0 Å². The molecule has 1 saturated heterocycles. The van der Waals surface area contributed by atoms with Gasteiger partial charge in [0.1, 0.15) is 16.8 Å². The van der Waals surface area contributed by atoms with Crippen LogP contribution in [0.5, 0.6) is 0 Å². The molecule has 3 aromatic heterocycles. The number of anilines is 2. The van der Waals surface area contributed by atoms with Crippen LogP contribution in [0.1, 0.15) is 31.0 Å². The van der Waals surface area contributed by atoms with Crippen molar-refractivity contribution in [1.82, 2.24) is 24.8 Å². The average Bonchev–Trinajstić information content (AvgIpc) is 3.19. The van der Waals surface area contributed by atoms with Crippen molar-refractivity contribution in [2.75, 3.05) is 30.0 Å². The van der Waals surface area contributed by atoms with E-state index in [9.17, 15) is 4.79 Å². The highest BCUT2D eigenvalue weighted by Crippen LogP contribution is 2.32. The Balaban J connectivity index is 1.69. The summed E-state index contributed by atoms with van der Waals surface area (Å²) in [7, 11) is 3.72. The quantitative estimate of drug-likeness (QED) is 0.554. The van der Waals surface area contributed by atoms with E-state index in [-0.39, 0.29) is 17.1 Å². The lowest BCUT2D eigenvalue weighted by molar-refractivity contribution is 0.218. The Morgan fingerprint density at radius 3 is 2.53 bits per heavy atom. The summed E-state index contributed by atoms with van der Waals surface area (Å²) in [5.74, 6) is 1.40. The van der Waals surface area contributed by atoms with Crippen molar-refractivity contribution in [2.24, 2.45) is 7.05 Å². The zero-order chi connectivity index (χ0) is 21.7. The van der Waals surface area contributed by atoms with Gasteiger partial charge in [0, 0.05) is 31.0 Å². The van der Waals surface area contributed by atoms with Crippen LogP contribution < -0.4 is 9.91 Å². The van der Waals surface area contributed by atoms with Gasteiger partial charge in [-0.15, -0.1) is 0 Å². The highest BCUT2D eigenvalue weighted by Gasteiger charge is 2.34. The van der Waals surface area contributed by atoms with E-state index in [2.05, 4.69) is 23.9 Å². The standard InChI is InChI=1S/C20H23Cl2N7O/c1-11(2)14-10-16(24-19-18(14)12(3)25-26(19)4)27(5)29-7-6-28(20(29)30)17-9-13(21)8-15(22)23-17/h8-11H,6-7H2,1-5H3. The predicted molar refractivity (Wildman–Crippen MR) is 119 cm³/mol. The van der Waals surface area contributed by atoms with Crippen molar-refractivity contribution in [3.8, 4) is 0 Å².